The summed E-state index contributed by atoms with van der Waals surface area (Å²) < 4.78 is 9.67. The number of nitrogens with zero attached hydrogens (tertiary/aromatic N) is 1. The molecule has 0 fully saturated rings. The van der Waals surface area contributed by atoms with E-state index in [4.69, 9.17) is 4.42 Å². The van der Waals surface area contributed by atoms with E-state index in [0.717, 1.165) is 22.3 Å². The molecule has 0 spiro atoms. The number of fused-ring (bicyclic) bond motifs is 3. The van der Waals surface area contributed by atoms with E-state index in [1.807, 2.05) is 11.3 Å². The fourth-order valence-electron chi connectivity index (χ4n) is 3.70. The zero-order valence-corrected chi connectivity index (χ0v) is 17.7. The van der Waals surface area contributed by atoms with Crippen molar-refractivity contribution in [3.05, 3.63) is 85.1 Å². The fraction of sp³-hybridized carbons (Fsp3) is 0. The van der Waals surface area contributed by atoms with Gasteiger partial charge >= 0.3 is 0 Å². The summed E-state index contributed by atoms with van der Waals surface area (Å²) in [5.74, 6) is 0.906. The molecule has 0 saturated heterocycles. The number of furan rings is 1. The van der Waals surface area contributed by atoms with E-state index in [0.29, 0.717) is 0 Å². The summed E-state index contributed by atoms with van der Waals surface area (Å²) in [5, 5.41) is 3.66. The fourth-order valence-corrected chi connectivity index (χ4v) is 5.34. The minimum absolute atomic E-state index is 0.906. The monoisotopic (exact) mass is 491 g/mol. The van der Waals surface area contributed by atoms with Gasteiger partial charge in [0, 0.05) is 32.1 Å². The van der Waals surface area contributed by atoms with Gasteiger partial charge in [-0.3, -0.25) is 2.78 Å². The first-order chi connectivity index (χ1) is 13.7. The first-order valence-corrected chi connectivity index (χ1v) is 10.8. The van der Waals surface area contributed by atoms with E-state index >= 15 is 0 Å². The van der Waals surface area contributed by atoms with Gasteiger partial charge in [0.15, 0.2) is 0 Å². The molecule has 6 aromatic rings. The standard InChI is InChI=1S/C24H14INOS/c25-26-10-9-15-5-6-16(11-20(15)26)21-12-17-7-8-19(13-22(17)27-21)24-14-18-3-1-2-4-23(18)28-24/h1-14H. The molecule has 0 unspecified atom stereocenters. The van der Waals surface area contributed by atoms with Gasteiger partial charge in [-0.1, -0.05) is 42.5 Å². The van der Waals surface area contributed by atoms with Crippen LogP contribution in [0.3, 0.4) is 0 Å². The van der Waals surface area contributed by atoms with Crippen LogP contribution in [-0.2, 0) is 0 Å². The van der Waals surface area contributed by atoms with Gasteiger partial charge in [-0.2, -0.15) is 0 Å². The Bertz CT molecular complexity index is 1450. The van der Waals surface area contributed by atoms with Crippen LogP contribution in [-0.4, -0.2) is 2.78 Å². The summed E-state index contributed by atoms with van der Waals surface area (Å²) >= 11 is 4.13. The third-order valence-electron chi connectivity index (χ3n) is 5.16. The summed E-state index contributed by atoms with van der Waals surface area (Å²) in [7, 11) is 0. The van der Waals surface area contributed by atoms with Gasteiger partial charge in [0.2, 0.25) is 0 Å². The molecule has 0 amide bonds. The lowest BCUT2D eigenvalue weighted by Crippen LogP contribution is -1.78. The quantitative estimate of drug-likeness (QED) is 0.224. The highest BCUT2D eigenvalue weighted by atomic mass is 127. The molecule has 3 aromatic heterocycles. The van der Waals surface area contributed by atoms with Crippen molar-refractivity contribution in [2.45, 2.75) is 0 Å². The van der Waals surface area contributed by atoms with Crippen molar-refractivity contribution in [3.8, 4) is 21.8 Å². The summed E-state index contributed by atoms with van der Waals surface area (Å²) in [6, 6.07) is 28.0. The third-order valence-corrected chi connectivity index (χ3v) is 7.17. The number of hydrogen-bond acceptors (Lipinski definition) is 2. The van der Waals surface area contributed by atoms with Crippen molar-refractivity contribution < 1.29 is 4.42 Å². The summed E-state index contributed by atoms with van der Waals surface area (Å²) in [6.07, 6.45) is 2.07. The predicted molar refractivity (Wildman–Crippen MR) is 127 cm³/mol. The first kappa shape index (κ1) is 16.4. The van der Waals surface area contributed by atoms with Crippen LogP contribution >= 0.6 is 34.2 Å². The number of rotatable bonds is 2. The Labute approximate surface area is 179 Å². The molecule has 0 N–H and O–H groups in total. The third kappa shape index (κ3) is 2.59. The molecule has 134 valence electrons. The topological polar surface area (TPSA) is 18.1 Å². The predicted octanol–water partition coefficient (Wildman–Crippen LogP) is 8.13. The highest BCUT2D eigenvalue weighted by Gasteiger charge is 2.11. The van der Waals surface area contributed by atoms with Crippen molar-refractivity contribution in [3.63, 3.8) is 0 Å². The van der Waals surface area contributed by atoms with Crippen molar-refractivity contribution in [2.75, 3.05) is 0 Å². The van der Waals surface area contributed by atoms with E-state index < -0.39 is 0 Å². The van der Waals surface area contributed by atoms with E-state index in [-0.39, 0.29) is 0 Å². The van der Waals surface area contributed by atoms with E-state index in [9.17, 15) is 0 Å². The molecule has 28 heavy (non-hydrogen) atoms. The highest BCUT2D eigenvalue weighted by Crippen LogP contribution is 2.37. The molecular formula is C24H14INOS. The zero-order valence-electron chi connectivity index (χ0n) is 14.7. The Kier molecular flexibility index (Phi) is 3.64. The van der Waals surface area contributed by atoms with Crippen molar-refractivity contribution in [2.24, 2.45) is 0 Å². The molecule has 0 atom stereocenters. The maximum atomic E-state index is 6.25. The number of hydrogen-bond donors (Lipinski definition) is 0. The van der Waals surface area contributed by atoms with Crippen LogP contribution in [0.25, 0.3) is 53.7 Å². The Hall–Kier alpha value is -2.57. The highest BCUT2D eigenvalue weighted by molar-refractivity contribution is 14.1. The van der Waals surface area contributed by atoms with Crippen LogP contribution in [0.2, 0.25) is 0 Å². The van der Waals surface area contributed by atoms with E-state index in [1.165, 1.54) is 31.4 Å². The second kappa shape index (κ2) is 6.22. The molecule has 3 heterocycles. The van der Waals surface area contributed by atoms with Gasteiger partial charge in [0.1, 0.15) is 11.3 Å². The zero-order chi connectivity index (χ0) is 18.7. The number of aromatic nitrogens is 1. The van der Waals surface area contributed by atoms with Gasteiger partial charge < -0.3 is 4.42 Å². The maximum absolute atomic E-state index is 6.25. The molecule has 0 radical (unpaired) electrons. The minimum atomic E-state index is 0.906. The number of halogens is 1. The van der Waals surface area contributed by atoms with Crippen LogP contribution < -0.4 is 0 Å². The normalized spacial score (nSPS) is 11.8. The Balaban J connectivity index is 1.46. The second-order valence-corrected chi connectivity index (χ2v) is 9.04. The molecule has 0 aliphatic heterocycles. The molecule has 0 aliphatic rings. The average molecular weight is 491 g/mol. The minimum Gasteiger partial charge on any atom is -0.456 e. The number of benzene rings is 3. The molecule has 6 rings (SSSR count). The molecule has 0 bridgehead atoms. The summed E-state index contributed by atoms with van der Waals surface area (Å²) in [5.41, 5.74) is 4.43. The van der Waals surface area contributed by atoms with Crippen LogP contribution in [0, 0.1) is 0 Å². The molecule has 0 aliphatic carbocycles. The van der Waals surface area contributed by atoms with Crippen LogP contribution in [0.1, 0.15) is 0 Å². The second-order valence-electron chi connectivity index (χ2n) is 6.91. The van der Waals surface area contributed by atoms with Gasteiger partial charge in [-0.05, 0) is 47.3 Å². The maximum Gasteiger partial charge on any atom is 0.135 e. The lowest BCUT2D eigenvalue weighted by molar-refractivity contribution is 0.632. The van der Waals surface area contributed by atoms with Crippen molar-refractivity contribution in [1.29, 1.82) is 0 Å². The van der Waals surface area contributed by atoms with Crippen LogP contribution in [0.15, 0.2) is 89.5 Å². The average Bonchev–Trinajstić information content (AvgIpc) is 3.43. The van der Waals surface area contributed by atoms with Crippen LogP contribution in [0.5, 0.6) is 0 Å². The van der Waals surface area contributed by atoms with E-state index in [2.05, 4.69) is 111 Å². The van der Waals surface area contributed by atoms with Crippen molar-refractivity contribution >= 4 is 66.2 Å². The summed E-state index contributed by atoms with van der Waals surface area (Å²) in [4.78, 5) is 1.27. The van der Waals surface area contributed by atoms with Gasteiger partial charge in [-0.15, -0.1) is 11.3 Å². The van der Waals surface area contributed by atoms with Crippen molar-refractivity contribution in [1.82, 2.24) is 2.78 Å². The molecule has 2 nitrogen and oxygen atoms in total. The first-order valence-electron chi connectivity index (χ1n) is 9.05. The lowest BCUT2D eigenvalue weighted by Gasteiger charge is -1.99. The molecule has 0 saturated carbocycles. The van der Waals surface area contributed by atoms with Gasteiger partial charge in [-0.25, -0.2) is 0 Å². The van der Waals surface area contributed by atoms with Gasteiger partial charge in [0.25, 0.3) is 0 Å². The lowest BCUT2D eigenvalue weighted by atomic mass is 10.1. The summed E-state index contributed by atoms with van der Waals surface area (Å²) in [6.45, 7) is 0. The number of thiophene rings is 1. The van der Waals surface area contributed by atoms with Gasteiger partial charge in [0.05, 0.1) is 28.4 Å². The molecular weight excluding hydrogens is 477 g/mol. The Morgan fingerprint density at radius 3 is 2.54 bits per heavy atom. The Morgan fingerprint density at radius 2 is 1.61 bits per heavy atom. The SMILES string of the molecule is In1ccc2ccc(-c3cc4ccc(-c5cc6ccccc6s5)cc4o3)cc21. The Morgan fingerprint density at radius 1 is 0.750 bits per heavy atom. The van der Waals surface area contributed by atoms with Crippen LogP contribution in [0.4, 0.5) is 0 Å². The largest absolute Gasteiger partial charge is 0.456 e. The molecule has 4 heteroatoms. The molecule has 3 aromatic carbocycles. The van der Waals surface area contributed by atoms with E-state index in [1.54, 1.807) is 0 Å². The smallest absolute Gasteiger partial charge is 0.135 e.